The van der Waals surface area contributed by atoms with Crippen LogP contribution in [0.2, 0.25) is 0 Å². The van der Waals surface area contributed by atoms with E-state index in [1.807, 2.05) is 42.2 Å². The maximum absolute atomic E-state index is 12.5. The van der Waals surface area contributed by atoms with Gasteiger partial charge in [0.1, 0.15) is 0 Å². The largest absolute Gasteiger partial charge is 0.336 e. The van der Waals surface area contributed by atoms with Crippen molar-refractivity contribution >= 4 is 5.91 Å². The van der Waals surface area contributed by atoms with Gasteiger partial charge >= 0.3 is 0 Å². The van der Waals surface area contributed by atoms with Gasteiger partial charge in [0.05, 0.1) is 0 Å². The Bertz CT molecular complexity index is 391. The molecule has 18 heavy (non-hydrogen) atoms. The van der Waals surface area contributed by atoms with Crippen LogP contribution in [0.15, 0.2) is 30.3 Å². The molecule has 0 saturated heterocycles. The van der Waals surface area contributed by atoms with Crippen LogP contribution in [0.3, 0.4) is 0 Å². The maximum Gasteiger partial charge on any atom is 0.254 e. The highest BCUT2D eigenvalue weighted by molar-refractivity contribution is 5.94. The second kappa shape index (κ2) is 6.01. The third kappa shape index (κ3) is 2.56. The fourth-order valence-electron chi connectivity index (χ4n) is 2.98. The highest BCUT2D eigenvalue weighted by Crippen LogP contribution is 2.30. The molecule has 1 aromatic rings. The Kier molecular flexibility index (Phi) is 4.37. The lowest BCUT2D eigenvalue weighted by Crippen LogP contribution is -2.44. The van der Waals surface area contributed by atoms with Crippen molar-refractivity contribution in [2.75, 3.05) is 13.1 Å². The predicted molar refractivity (Wildman–Crippen MR) is 73.3 cm³/mol. The predicted octanol–water partition coefficient (Wildman–Crippen LogP) is 2.28. The molecule has 2 atom stereocenters. The average molecular weight is 246 g/mol. The molecule has 0 aromatic heterocycles. The van der Waals surface area contributed by atoms with E-state index >= 15 is 0 Å². The normalized spacial score (nSPS) is 23.0. The van der Waals surface area contributed by atoms with Crippen molar-refractivity contribution in [1.29, 1.82) is 0 Å². The first-order chi connectivity index (χ1) is 8.77. The molecule has 1 saturated carbocycles. The third-order valence-corrected chi connectivity index (χ3v) is 3.94. The van der Waals surface area contributed by atoms with E-state index < -0.39 is 0 Å². The summed E-state index contributed by atoms with van der Waals surface area (Å²) in [6.07, 6.45) is 3.43. The van der Waals surface area contributed by atoms with Crippen molar-refractivity contribution in [3.05, 3.63) is 35.9 Å². The molecule has 0 bridgehead atoms. The fourth-order valence-corrected chi connectivity index (χ4v) is 2.98. The number of benzene rings is 1. The summed E-state index contributed by atoms with van der Waals surface area (Å²) in [7, 11) is 0. The molecule has 3 nitrogen and oxygen atoms in total. The molecule has 98 valence electrons. The monoisotopic (exact) mass is 246 g/mol. The highest BCUT2D eigenvalue weighted by Gasteiger charge is 2.33. The Morgan fingerprint density at radius 3 is 2.67 bits per heavy atom. The summed E-state index contributed by atoms with van der Waals surface area (Å²) >= 11 is 0. The first kappa shape index (κ1) is 13.1. The first-order valence-corrected chi connectivity index (χ1v) is 6.84. The molecular weight excluding hydrogens is 224 g/mol. The van der Waals surface area contributed by atoms with E-state index in [1.54, 1.807) is 0 Å². The smallest absolute Gasteiger partial charge is 0.254 e. The summed E-state index contributed by atoms with van der Waals surface area (Å²) in [6, 6.07) is 9.86. The fraction of sp³-hybridized carbons (Fsp3) is 0.533. The summed E-state index contributed by atoms with van der Waals surface area (Å²) in [5, 5.41) is 0. The molecule has 2 N–H and O–H groups in total. The molecule has 1 aliphatic rings. The average Bonchev–Trinajstić information content (AvgIpc) is 2.89. The van der Waals surface area contributed by atoms with Crippen LogP contribution in [0.25, 0.3) is 0 Å². The quantitative estimate of drug-likeness (QED) is 0.886. The number of hydrogen-bond donors (Lipinski definition) is 1. The molecule has 2 rings (SSSR count). The summed E-state index contributed by atoms with van der Waals surface area (Å²) in [6.45, 7) is 3.49. The van der Waals surface area contributed by atoms with Crippen LogP contribution >= 0.6 is 0 Å². The maximum atomic E-state index is 12.5. The molecule has 3 heteroatoms. The lowest BCUT2D eigenvalue weighted by molar-refractivity contribution is 0.0652. The molecule has 1 fully saturated rings. The second-order valence-electron chi connectivity index (χ2n) is 4.95. The molecule has 0 spiro atoms. The van der Waals surface area contributed by atoms with E-state index in [9.17, 15) is 4.79 Å². The van der Waals surface area contributed by atoms with Gasteiger partial charge < -0.3 is 10.6 Å². The van der Waals surface area contributed by atoms with E-state index in [0.717, 1.165) is 24.9 Å². The second-order valence-corrected chi connectivity index (χ2v) is 4.95. The van der Waals surface area contributed by atoms with Gasteiger partial charge in [-0.2, -0.15) is 0 Å². The summed E-state index contributed by atoms with van der Waals surface area (Å²) < 4.78 is 0. The van der Waals surface area contributed by atoms with Crippen LogP contribution in [0.4, 0.5) is 0 Å². The minimum atomic E-state index is 0.142. The van der Waals surface area contributed by atoms with Gasteiger partial charge in [-0.3, -0.25) is 4.79 Å². The number of nitrogens with two attached hydrogens (primary N) is 1. The van der Waals surface area contributed by atoms with Crippen LogP contribution in [0.1, 0.15) is 36.5 Å². The van der Waals surface area contributed by atoms with Crippen molar-refractivity contribution in [3.8, 4) is 0 Å². The van der Waals surface area contributed by atoms with Crippen LogP contribution in [0, 0.1) is 5.92 Å². The van der Waals surface area contributed by atoms with Crippen molar-refractivity contribution < 1.29 is 4.79 Å². The number of nitrogens with zero attached hydrogens (tertiary/aromatic N) is 1. The summed E-state index contributed by atoms with van der Waals surface area (Å²) in [5.74, 6) is 0.612. The van der Waals surface area contributed by atoms with Crippen LogP contribution in [-0.4, -0.2) is 29.9 Å². The van der Waals surface area contributed by atoms with Crippen molar-refractivity contribution in [3.63, 3.8) is 0 Å². The minimum Gasteiger partial charge on any atom is -0.336 e. The Balaban J connectivity index is 2.16. The Morgan fingerprint density at radius 1 is 1.33 bits per heavy atom. The number of carbonyl (C=O) groups excluding carboxylic acids is 1. The Morgan fingerprint density at radius 2 is 2.06 bits per heavy atom. The molecule has 1 amide bonds. The van der Waals surface area contributed by atoms with Gasteiger partial charge in [0.15, 0.2) is 0 Å². The molecule has 0 heterocycles. The molecule has 1 aromatic carbocycles. The van der Waals surface area contributed by atoms with Crippen molar-refractivity contribution in [1.82, 2.24) is 4.90 Å². The zero-order valence-electron chi connectivity index (χ0n) is 11.0. The Labute approximate surface area is 109 Å². The number of amides is 1. The number of rotatable bonds is 4. The molecule has 0 aliphatic heterocycles. The van der Waals surface area contributed by atoms with Crippen LogP contribution in [0.5, 0.6) is 0 Å². The van der Waals surface area contributed by atoms with Crippen molar-refractivity contribution in [2.45, 2.75) is 32.2 Å². The highest BCUT2D eigenvalue weighted by atomic mass is 16.2. The summed E-state index contributed by atoms with van der Waals surface area (Å²) in [5.41, 5.74) is 6.60. The van der Waals surface area contributed by atoms with E-state index in [2.05, 4.69) is 0 Å². The molecule has 0 radical (unpaired) electrons. The third-order valence-electron chi connectivity index (χ3n) is 3.94. The van der Waals surface area contributed by atoms with E-state index in [1.165, 1.54) is 6.42 Å². The summed E-state index contributed by atoms with van der Waals surface area (Å²) in [4.78, 5) is 14.5. The van der Waals surface area contributed by atoms with Gasteiger partial charge in [0.25, 0.3) is 5.91 Å². The molecular formula is C15H22N2O. The van der Waals surface area contributed by atoms with Gasteiger partial charge in [-0.15, -0.1) is 0 Å². The van der Waals surface area contributed by atoms with Crippen LogP contribution < -0.4 is 5.73 Å². The lowest BCUT2D eigenvalue weighted by atomic mass is 10.0. The molecule has 2 unspecified atom stereocenters. The number of hydrogen-bond acceptors (Lipinski definition) is 2. The van der Waals surface area contributed by atoms with Crippen LogP contribution in [-0.2, 0) is 0 Å². The zero-order valence-corrected chi connectivity index (χ0v) is 11.0. The zero-order chi connectivity index (χ0) is 13.0. The van der Waals surface area contributed by atoms with Gasteiger partial charge in [0, 0.05) is 18.2 Å². The van der Waals surface area contributed by atoms with E-state index in [4.69, 9.17) is 5.73 Å². The molecule has 1 aliphatic carbocycles. The standard InChI is InChI=1S/C15H22N2O/c1-2-17(14-10-6-9-13(14)11-16)15(18)12-7-4-3-5-8-12/h3-5,7-8,13-14H,2,6,9-11,16H2,1H3. The van der Waals surface area contributed by atoms with E-state index in [-0.39, 0.29) is 5.91 Å². The minimum absolute atomic E-state index is 0.142. The lowest BCUT2D eigenvalue weighted by Gasteiger charge is -2.32. The van der Waals surface area contributed by atoms with E-state index in [0.29, 0.717) is 18.5 Å². The van der Waals surface area contributed by atoms with Gasteiger partial charge in [0.2, 0.25) is 0 Å². The van der Waals surface area contributed by atoms with Gasteiger partial charge in [-0.25, -0.2) is 0 Å². The number of carbonyl (C=O) groups is 1. The van der Waals surface area contributed by atoms with Gasteiger partial charge in [-0.1, -0.05) is 24.6 Å². The topological polar surface area (TPSA) is 46.3 Å². The van der Waals surface area contributed by atoms with Gasteiger partial charge in [-0.05, 0) is 44.4 Å². The Hall–Kier alpha value is -1.35. The SMILES string of the molecule is CCN(C(=O)c1ccccc1)C1CCCC1CN. The first-order valence-electron chi connectivity index (χ1n) is 6.84. The van der Waals surface area contributed by atoms with Crippen molar-refractivity contribution in [2.24, 2.45) is 11.7 Å².